The van der Waals surface area contributed by atoms with Crippen LogP contribution >= 0.6 is 22.9 Å². The van der Waals surface area contributed by atoms with Gasteiger partial charge in [0.25, 0.3) is 0 Å². The van der Waals surface area contributed by atoms with E-state index in [1.165, 1.54) is 11.1 Å². The first-order valence-corrected chi connectivity index (χ1v) is 6.77. The third-order valence-electron chi connectivity index (χ3n) is 2.59. The average Bonchev–Trinajstić information content (AvgIpc) is 2.68. The van der Waals surface area contributed by atoms with Crippen molar-refractivity contribution in [2.45, 2.75) is 26.9 Å². The molecule has 0 amide bonds. The van der Waals surface area contributed by atoms with E-state index in [1.807, 2.05) is 19.1 Å². The molecular formula is C13H15ClN2S. The summed E-state index contributed by atoms with van der Waals surface area (Å²) >= 11 is 7.61. The molecule has 1 aromatic heterocycles. The predicted octanol–water partition coefficient (Wildman–Crippen LogP) is 3.70. The Kier molecular flexibility index (Phi) is 4.15. The Morgan fingerprint density at radius 1 is 1.29 bits per heavy atom. The second kappa shape index (κ2) is 5.63. The van der Waals surface area contributed by atoms with Gasteiger partial charge in [0.1, 0.15) is 0 Å². The second-order valence-corrected chi connectivity index (χ2v) is 5.53. The van der Waals surface area contributed by atoms with Crippen molar-refractivity contribution in [2.75, 3.05) is 0 Å². The summed E-state index contributed by atoms with van der Waals surface area (Å²) in [4.78, 5) is 4.41. The van der Waals surface area contributed by atoms with Crippen LogP contribution < -0.4 is 5.32 Å². The van der Waals surface area contributed by atoms with E-state index in [9.17, 15) is 0 Å². The summed E-state index contributed by atoms with van der Waals surface area (Å²) in [5.74, 6) is 0. The fraction of sp³-hybridized carbons (Fsp3) is 0.308. The molecular weight excluding hydrogens is 252 g/mol. The third-order valence-corrected chi connectivity index (χ3v) is 3.65. The summed E-state index contributed by atoms with van der Waals surface area (Å²) in [6.45, 7) is 5.76. The van der Waals surface area contributed by atoms with Crippen LogP contribution in [-0.4, -0.2) is 4.98 Å². The van der Waals surface area contributed by atoms with Gasteiger partial charge in [0.05, 0.1) is 10.7 Å². The molecule has 0 aliphatic heterocycles. The SMILES string of the molecule is Cc1nc(CNCc2ccc(Cl)cc2C)cs1. The third kappa shape index (κ3) is 3.53. The molecule has 2 aromatic rings. The molecule has 0 bridgehead atoms. The average molecular weight is 267 g/mol. The first kappa shape index (κ1) is 12.6. The van der Waals surface area contributed by atoms with E-state index < -0.39 is 0 Å². The van der Waals surface area contributed by atoms with E-state index in [0.717, 1.165) is 28.8 Å². The highest BCUT2D eigenvalue weighted by Crippen LogP contribution is 2.15. The lowest BCUT2D eigenvalue weighted by Crippen LogP contribution is -2.13. The number of thiazole rings is 1. The zero-order valence-corrected chi connectivity index (χ0v) is 11.5. The highest BCUT2D eigenvalue weighted by Gasteiger charge is 2.01. The van der Waals surface area contributed by atoms with Crippen LogP contribution in [0.25, 0.3) is 0 Å². The van der Waals surface area contributed by atoms with Gasteiger partial charge in [0.15, 0.2) is 0 Å². The Morgan fingerprint density at radius 2 is 2.12 bits per heavy atom. The molecule has 0 spiro atoms. The van der Waals surface area contributed by atoms with E-state index in [2.05, 4.69) is 28.7 Å². The molecule has 1 heterocycles. The summed E-state index contributed by atoms with van der Waals surface area (Å²) in [5, 5.41) is 7.40. The van der Waals surface area contributed by atoms with Crippen LogP contribution in [0, 0.1) is 13.8 Å². The number of hydrogen-bond donors (Lipinski definition) is 1. The van der Waals surface area contributed by atoms with Crippen LogP contribution in [0.5, 0.6) is 0 Å². The molecule has 0 saturated heterocycles. The lowest BCUT2D eigenvalue weighted by atomic mass is 10.1. The summed E-state index contributed by atoms with van der Waals surface area (Å²) in [6, 6.07) is 5.99. The molecule has 0 radical (unpaired) electrons. The molecule has 0 aliphatic carbocycles. The van der Waals surface area contributed by atoms with Gasteiger partial charge in [-0.15, -0.1) is 11.3 Å². The number of halogens is 1. The highest BCUT2D eigenvalue weighted by atomic mass is 35.5. The largest absolute Gasteiger partial charge is 0.307 e. The molecule has 0 fully saturated rings. The van der Waals surface area contributed by atoms with E-state index in [0.29, 0.717) is 0 Å². The standard InChI is InChI=1S/C13H15ClN2S/c1-9-5-12(14)4-3-11(9)6-15-7-13-8-17-10(2)16-13/h3-5,8,15H,6-7H2,1-2H3. The molecule has 4 heteroatoms. The number of hydrogen-bond acceptors (Lipinski definition) is 3. The molecule has 2 nitrogen and oxygen atoms in total. The van der Waals surface area contributed by atoms with Gasteiger partial charge in [0, 0.05) is 23.5 Å². The van der Waals surface area contributed by atoms with Gasteiger partial charge in [0.2, 0.25) is 0 Å². The molecule has 0 saturated carbocycles. The molecule has 0 atom stereocenters. The van der Waals surface area contributed by atoms with Crippen molar-refractivity contribution < 1.29 is 0 Å². The van der Waals surface area contributed by atoms with Crippen LogP contribution in [0.1, 0.15) is 21.8 Å². The maximum absolute atomic E-state index is 5.92. The minimum Gasteiger partial charge on any atom is -0.307 e. The van der Waals surface area contributed by atoms with E-state index >= 15 is 0 Å². The molecule has 0 unspecified atom stereocenters. The normalized spacial score (nSPS) is 10.8. The second-order valence-electron chi connectivity index (χ2n) is 4.03. The molecule has 1 aromatic carbocycles. The minimum atomic E-state index is 0.793. The molecule has 17 heavy (non-hydrogen) atoms. The van der Waals surface area contributed by atoms with Gasteiger partial charge >= 0.3 is 0 Å². The van der Waals surface area contributed by atoms with Crippen LogP contribution in [0.15, 0.2) is 23.6 Å². The zero-order chi connectivity index (χ0) is 12.3. The minimum absolute atomic E-state index is 0.793. The van der Waals surface area contributed by atoms with Crippen molar-refractivity contribution in [3.05, 3.63) is 50.4 Å². The van der Waals surface area contributed by atoms with Gasteiger partial charge in [-0.1, -0.05) is 17.7 Å². The molecule has 90 valence electrons. The maximum Gasteiger partial charge on any atom is 0.0897 e. The van der Waals surface area contributed by atoms with Gasteiger partial charge in [-0.3, -0.25) is 0 Å². The quantitative estimate of drug-likeness (QED) is 0.913. The number of aromatic nitrogens is 1. The predicted molar refractivity (Wildman–Crippen MR) is 73.6 cm³/mol. The van der Waals surface area contributed by atoms with Gasteiger partial charge in [-0.2, -0.15) is 0 Å². The summed E-state index contributed by atoms with van der Waals surface area (Å²) in [6.07, 6.45) is 0. The van der Waals surface area contributed by atoms with Crippen molar-refractivity contribution in [2.24, 2.45) is 0 Å². The number of aryl methyl sites for hydroxylation is 2. The zero-order valence-electron chi connectivity index (χ0n) is 9.96. The van der Waals surface area contributed by atoms with E-state index in [-0.39, 0.29) is 0 Å². The van der Waals surface area contributed by atoms with Crippen molar-refractivity contribution in [3.63, 3.8) is 0 Å². The van der Waals surface area contributed by atoms with Crippen molar-refractivity contribution in [1.29, 1.82) is 0 Å². The Bertz CT molecular complexity index is 508. The fourth-order valence-corrected chi connectivity index (χ4v) is 2.51. The Balaban J connectivity index is 1.90. The monoisotopic (exact) mass is 266 g/mol. The number of nitrogens with zero attached hydrogens (tertiary/aromatic N) is 1. The van der Waals surface area contributed by atoms with Crippen molar-refractivity contribution in [1.82, 2.24) is 10.3 Å². The Morgan fingerprint density at radius 3 is 2.76 bits per heavy atom. The van der Waals surface area contributed by atoms with E-state index in [1.54, 1.807) is 11.3 Å². The summed E-state index contributed by atoms with van der Waals surface area (Å²) in [7, 11) is 0. The lowest BCUT2D eigenvalue weighted by molar-refractivity contribution is 0.679. The van der Waals surface area contributed by atoms with Crippen molar-refractivity contribution in [3.8, 4) is 0 Å². The summed E-state index contributed by atoms with van der Waals surface area (Å²) in [5.41, 5.74) is 3.61. The van der Waals surface area contributed by atoms with Crippen LogP contribution in [0.4, 0.5) is 0 Å². The van der Waals surface area contributed by atoms with Crippen LogP contribution in [-0.2, 0) is 13.1 Å². The molecule has 2 rings (SSSR count). The van der Waals surface area contributed by atoms with E-state index in [4.69, 9.17) is 11.6 Å². The lowest BCUT2D eigenvalue weighted by Gasteiger charge is -2.07. The Hall–Kier alpha value is -0.900. The first-order chi connectivity index (χ1) is 8.15. The number of rotatable bonds is 4. The Labute approximate surface area is 111 Å². The smallest absolute Gasteiger partial charge is 0.0897 e. The molecule has 0 aliphatic rings. The maximum atomic E-state index is 5.92. The summed E-state index contributed by atoms with van der Waals surface area (Å²) < 4.78 is 0. The number of benzene rings is 1. The van der Waals surface area contributed by atoms with Crippen LogP contribution in [0.2, 0.25) is 5.02 Å². The van der Waals surface area contributed by atoms with Gasteiger partial charge < -0.3 is 5.32 Å². The van der Waals surface area contributed by atoms with Crippen molar-refractivity contribution >= 4 is 22.9 Å². The van der Waals surface area contributed by atoms with Crippen LogP contribution in [0.3, 0.4) is 0 Å². The molecule has 1 N–H and O–H groups in total. The highest BCUT2D eigenvalue weighted by molar-refractivity contribution is 7.09. The first-order valence-electron chi connectivity index (χ1n) is 5.52. The topological polar surface area (TPSA) is 24.9 Å². The number of nitrogens with one attached hydrogen (secondary N) is 1. The fourth-order valence-electron chi connectivity index (χ4n) is 1.67. The van der Waals surface area contributed by atoms with Gasteiger partial charge in [-0.05, 0) is 37.1 Å². The van der Waals surface area contributed by atoms with Gasteiger partial charge in [-0.25, -0.2) is 4.98 Å².